The Labute approximate surface area is 89.7 Å². The Hall–Kier alpha value is -0.910. The Morgan fingerprint density at radius 2 is 2.00 bits per heavy atom. The second kappa shape index (κ2) is 5.25. The first-order valence-corrected chi connectivity index (χ1v) is 5.42. The standard InChI is InChI=1S/C10H18N4O/c15-8-7-13-3-5-14(6-4-13)9-10-1-2-11-12-10/h1-2,15H,3-9H2,(H,11,12). The van der Waals surface area contributed by atoms with Crippen molar-refractivity contribution in [2.24, 2.45) is 0 Å². The van der Waals surface area contributed by atoms with Gasteiger partial charge in [0.25, 0.3) is 0 Å². The summed E-state index contributed by atoms with van der Waals surface area (Å²) >= 11 is 0. The average molecular weight is 210 g/mol. The number of β-amino-alcohol motifs (C(OH)–C–C–N with tert-alkyl or cyclic N) is 1. The summed E-state index contributed by atoms with van der Waals surface area (Å²) in [6.45, 7) is 6.26. The fourth-order valence-electron chi connectivity index (χ4n) is 1.93. The molecule has 0 aromatic carbocycles. The minimum Gasteiger partial charge on any atom is -0.395 e. The van der Waals surface area contributed by atoms with Crippen molar-refractivity contribution >= 4 is 0 Å². The Morgan fingerprint density at radius 1 is 1.27 bits per heavy atom. The van der Waals surface area contributed by atoms with Crippen molar-refractivity contribution in [3.63, 3.8) is 0 Å². The van der Waals surface area contributed by atoms with Gasteiger partial charge < -0.3 is 5.11 Å². The van der Waals surface area contributed by atoms with Crippen LogP contribution in [0.4, 0.5) is 0 Å². The molecular weight excluding hydrogens is 192 g/mol. The molecule has 0 amide bonds. The predicted molar refractivity (Wildman–Crippen MR) is 57.4 cm³/mol. The van der Waals surface area contributed by atoms with E-state index >= 15 is 0 Å². The van der Waals surface area contributed by atoms with Crippen molar-refractivity contribution in [2.75, 3.05) is 39.3 Å². The third-order valence-corrected chi connectivity index (χ3v) is 2.83. The van der Waals surface area contributed by atoms with Crippen LogP contribution in [0.5, 0.6) is 0 Å². The number of aromatic nitrogens is 2. The van der Waals surface area contributed by atoms with Crippen molar-refractivity contribution in [3.05, 3.63) is 18.0 Å². The molecule has 0 saturated carbocycles. The molecule has 1 aromatic rings. The lowest BCUT2D eigenvalue weighted by molar-refractivity contribution is 0.107. The number of nitrogens with one attached hydrogen (secondary N) is 1. The monoisotopic (exact) mass is 210 g/mol. The van der Waals surface area contributed by atoms with Crippen LogP contribution in [-0.2, 0) is 6.54 Å². The summed E-state index contributed by atoms with van der Waals surface area (Å²) in [5.74, 6) is 0. The largest absolute Gasteiger partial charge is 0.395 e. The summed E-state index contributed by atoms with van der Waals surface area (Å²) < 4.78 is 0. The Balaban J connectivity index is 1.74. The lowest BCUT2D eigenvalue weighted by Crippen LogP contribution is -2.46. The molecule has 0 atom stereocenters. The Bertz CT molecular complexity index is 267. The van der Waals surface area contributed by atoms with E-state index in [1.54, 1.807) is 6.20 Å². The van der Waals surface area contributed by atoms with Crippen molar-refractivity contribution in [1.82, 2.24) is 20.0 Å². The summed E-state index contributed by atoms with van der Waals surface area (Å²) in [4.78, 5) is 4.70. The van der Waals surface area contributed by atoms with Gasteiger partial charge in [-0.15, -0.1) is 0 Å². The molecule has 1 fully saturated rings. The van der Waals surface area contributed by atoms with Crippen molar-refractivity contribution in [2.45, 2.75) is 6.54 Å². The highest BCUT2D eigenvalue weighted by atomic mass is 16.3. The molecule has 5 nitrogen and oxygen atoms in total. The zero-order valence-corrected chi connectivity index (χ0v) is 8.89. The fourth-order valence-corrected chi connectivity index (χ4v) is 1.93. The van der Waals surface area contributed by atoms with E-state index in [4.69, 9.17) is 5.11 Å². The van der Waals surface area contributed by atoms with Gasteiger partial charge in [0.2, 0.25) is 0 Å². The van der Waals surface area contributed by atoms with Crippen LogP contribution < -0.4 is 0 Å². The van der Waals surface area contributed by atoms with Gasteiger partial charge in [0.15, 0.2) is 0 Å². The SMILES string of the molecule is OCCN1CCN(Cc2ccn[nH]2)CC1. The maximum absolute atomic E-state index is 8.82. The van der Waals surface area contributed by atoms with E-state index in [9.17, 15) is 0 Å². The summed E-state index contributed by atoms with van der Waals surface area (Å²) in [7, 11) is 0. The van der Waals surface area contributed by atoms with E-state index < -0.39 is 0 Å². The molecule has 15 heavy (non-hydrogen) atoms. The minimum atomic E-state index is 0.264. The molecule has 0 spiro atoms. The lowest BCUT2D eigenvalue weighted by atomic mass is 10.3. The molecule has 2 N–H and O–H groups in total. The molecule has 0 radical (unpaired) electrons. The van der Waals surface area contributed by atoms with E-state index in [2.05, 4.69) is 20.0 Å². The second-order valence-electron chi connectivity index (χ2n) is 3.92. The topological polar surface area (TPSA) is 55.4 Å². The van der Waals surface area contributed by atoms with E-state index in [0.717, 1.165) is 39.3 Å². The van der Waals surface area contributed by atoms with Gasteiger partial charge in [0.05, 0.1) is 6.61 Å². The molecule has 0 bridgehead atoms. The van der Waals surface area contributed by atoms with Gasteiger partial charge in [-0.25, -0.2) is 0 Å². The maximum atomic E-state index is 8.82. The van der Waals surface area contributed by atoms with Crippen LogP contribution in [0.25, 0.3) is 0 Å². The summed E-state index contributed by atoms with van der Waals surface area (Å²) in [6, 6.07) is 2.01. The normalized spacial score (nSPS) is 19.5. The molecule has 0 aliphatic carbocycles. The molecule has 1 aliphatic heterocycles. The molecule has 0 unspecified atom stereocenters. The number of rotatable bonds is 4. The maximum Gasteiger partial charge on any atom is 0.0558 e. The third kappa shape index (κ3) is 3.02. The number of nitrogens with zero attached hydrogens (tertiary/aromatic N) is 3. The zero-order valence-electron chi connectivity index (χ0n) is 8.89. The van der Waals surface area contributed by atoms with Crippen LogP contribution >= 0.6 is 0 Å². The number of hydrogen-bond donors (Lipinski definition) is 2. The quantitative estimate of drug-likeness (QED) is 0.705. The van der Waals surface area contributed by atoms with Crippen LogP contribution in [0, 0.1) is 0 Å². The summed E-state index contributed by atoms with van der Waals surface area (Å²) in [6.07, 6.45) is 1.79. The van der Waals surface area contributed by atoms with Crippen molar-refractivity contribution in [3.8, 4) is 0 Å². The smallest absolute Gasteiger partial charge is 0.0558 e. The molecular formula is C10H18N4O. The summed E-state index contributed by atoms with van der Waals surface area (Å²) in [5.41, 5.74) is 1.17. The first kappa shape index (κ1) is 10.6. The highest BCUT2D eigenvalue weighted by molar-refractivity contribution is 4.97. The van der Waals surface area contributed by atoms with Crippen molar-refractivity contribution < 1.29 is 5.11 Å². The fraction of sp³-hybridized carbons (Fsp3) is 0.700. The number of hydrogen-bond acceptors (Lipinski definition) is 4. The van der Waals surface area contributed by atoms with Crippen LogP contribution in [-0.4, -0.2) is 64.4 Å². The van der Waals surface area contributed by atoms with E-state index in [1.807, 2.05) is 6.07 Å². The van der Waals surface area contributed by atoms with Gasteiger partial charge in [0, 0.05) is 51.2 Å². The molecule has 2 rings (SSSR count). The first-order chi connectivity index (χ1) is 7.38. The lowest BCUT2D eigenvalue weighted by Gasteiger charge is -2.33. The van der Waals surface area contributed by atoms with Gasteiger partial charge in [-0.3, -0.25) is 14.9 Å². The highest BCUT2D eigenvalue weighted by Gasteiger charge is 2.16. The van der Waals surface area contributed by atoms with Crippen molar-refractivity contribution in [1.29, 1.82) is 0 Å². The number of aromatic amines is 1. The van der Waals surface area contributed by atoms with E-state index in [-0.39, 0.29) is 6.61 Å². The van der Waals surface area contributed by atoms with Gasteiger partial charge >= 0.3 is 0 Å². The Morgan fingerprint density at radius 3 is 2.60 bits per heavy atom. The Kier molecular flexibility index (Phi) is 3.71. The molecule has 1 saturated heterocycles. The first-order valence-electron chi connectivity index (χ1n) is 5.42. The van der Waals surface area contributed by atoms with Crippen LogP contribution in [0.15, 0.2) is 12.3 Å². The van der Waals surface area contributed by atoms with Crippen LogP contribution in [0.3, 0.4) is 0 Å². The number of aliphatic hydroxyl groups is 1. The average Bonchev–Trinajstić information content (AvgIpc) is 2.74. The van der Waals surface area contributed by atoms with Gasteiger partial charge in [-0.05, 0) is 6.07 Å². The number of piperazine rings is 1. The minimum absolute atomic E-state index is 0.264. The molecule has 1 aliphatic rings. The van der Waals surface area contributed by atoms with Gasteiger partial charge in [0.1, 0.15) is 0 Å². The van der Waals surface area contributed by atoms with Crippen LogP contribution in [0.1, 0.15) is 5.69 Å². The van der Waals surface area contributed by atoms with E-state index in [0.29, 0.717) is 0 Å². The number of aliphatic hydroxyl groups excluding tert-OH is 1. The van der Waals surface area contributed by atoms with Crippen LogP contribution in [0.2, 0.25) is 0 Å². The second-order valence-corrected chi connectivity index (χ2v) is 3.92. The third-order valence-electron chi connectivity index (χ3n) is 2.83. The van der Waals surface area contributed by atoms with Gasteiger partial charge in [-0.1, -0.05) is 0 Å². The predicted octanol–water partition coefficient (Wildman–Crippen LogP) is -0.480. The van der Waals surface area contributed by atoms with E-state index in [1.165, 1.54) is 5.69 Å². The summed E-state index contributed by atoms with van der Waals surface area (Å²) in [5, 5.41) is 15.7. The molecule has 84 valence electrons. The zero-order chi connectivity index (χ0) is 10.5. The molecule has 2 heterocycles. The molecule has 5 heteroatoms. The molecule has 1 aromatic heterocycles. The number of H-pyrrole nitrogens is 1. The highest BCUT2D eigenvalue weighted by Crippen LogP contribution is 2.05. The van der Waals surface area contributed by atoms with Gasteiger partial charge in [-0.2, -0.15) is 5.10 Å².